The summed E-state index contributed by atoms with van der Waals surface area (Å²) in [4.78, 5) is 34.6. The van der Waals surface area contributed by atoms with Gasteiger partial charge < -0.3 is 29.5 Å². The van der Waals surface area contributed by atoms with Crippen LogP contribution in [0.1, 0.15) is 46.1 Å². The average molecular weight is 501 g/mol. The van der Waals surface area contributed by atoms with E-state index in [9.17, 15) is 9.59 Å². The predicted molar refractivity (Wildman–Crippen MR) is 138 cm³/mol. The van der Waals surface area contributed by atoms with Gasteiger partial charge in [-0.1, -0.05) is 13.0 Å². The van der Waals surface area contributed by atoms with Crippen LogP contribution in [0.25, 0.3) is 0 Å². The molecular weight excluding hydrogens is 464 g/mol. The van der Waals surface area contributed by atoms with Crippen LogP contribution >= 0.6 is 11.3 Å². The zero-order valence-electron chi connectivity index (χ0n) is 21.1. The molecule has 2 aromatic rings. The first-order chi connectivity index (χ1) is 17.0. The quantitative estimate of drug-likeness (QED) is 0.534. The number of amides is 2. The number of benzene rings is 1. The summed E-state index contributed by atoms with van der Waals surface area (Å²) >= 11 is 1.56. The van der Waals surface area contributed by atoms with Crippen LogP contribution in [0.3, 0.4) is 0 Å². The monoisotopic (exact) mass is 500 g/mol. The molecule has 190 valence electrons. The van der Waals surface area contributed by atoms with Crippen molar-refractivity contribution < 1.29 is 19.1 Å². The Balaban J connectivity index is 1.53. The molecule has 9 heteroatoms. The number of methoxy groups -OCH3 is 2. The average Bonchev–Trinajstić information content (AvgIpc) is 3.42. The van der Waals surface area contributed by atoms with Gasteiger partial charge in [0, 0.05) is 50.2 Å². The second-order valence-electron chi connectivity index (χ2n) is 9.07. The molecule has 0 saturated carbocycles. The second kappa shape index (κ2) is 11.4. The SMILES string of the molecule is CCN1CCN(CCCNC(=O)[C@H]2c3cc(OC)c(OC)cc3C(=O)N(C)[C@@H]2c2cccs2)CC1. The van der Waals surface area contributed by atoms with Crippen molar-refractivity contribution in [2.45, 2.75) is 25.3 Å². The maximum absolute atomic E-state index is 13.7. The van der Waals surface area contributed by atoms with Gasteiger partial charge in [-0.15, -0.1) is 11.3 Å². The van der Waals surface area contributed by atoms with Gasteiger partial charge in [0.2, 0.25) is 5.91 Å². The lowest BCUT2D eigenvalue weighted by atomic mass is 9.81. The molecule has 0 spiro atoms. The Morgan fingerprint density at radius 1 is 1.11 bits per heavy atom. The largest absolute Gasteiger partial charge is 0.493 e. The van der Waals surface area contributed by atoms with Crippen LogP contribution in [-0.4, -0.2) is 93.6 Å². The third kappa shape index (κ3) is 5.32. The summed E-state index contributed by atoms with van der Waals surface area (Å²) in [6, 6.07) is 7.04. The van der Waals surface area contributed by atoms with Crippen molar-refractivity contribution in [3.8, 4) is 11.5 Å². The van der Waals surface area contributed by atoms with Crippen LogP contribution in [-0.2, 0) is 4.79 Å². The van der Waals surface area contributed by atoms with Crippen molar-refractivity contribution in [1.82, 2.24) is 20.0 Å². The number of likely N-dealkylation sites (N-methyl/N-ethyl adjacent to an activating group) is 2. The van der Waals surface area contributed by atoms with E-state index in [0.717, 1.165) is 50.6 Å². The summed E-state index contributed by atoms with van der Waals surface area (Å²) < 4.78 is 10.9. The minimum atomic E-state index is -0.542. The second-order valence-corrected chi connectivity index (χ2v) is 10.0. The van der Waals surface area contributed by atoms with E-state index in [2.05, 4.69) is 22.0 Å². The van der Waals surface area contributed by atoms with Crippen molar-refractivity contribution in [3.63, 3.8) is 0 Å². The molecule has 2 aliphatic rings. The van der Waals surface area contributed by atoms with Crippen molar-refractivity contribution in [2.24, 2.45) is 0 Å². The summed E-state index contributed by atoms with van der Waals surface area (Å²) in [5, 5.41) is 5.14. The number of nitrogens with zero attached hydrogens (tertiary/aromatic N) is 3. The summed E-state index contributed by atoms with van der Waals surface area (Å²) in [6.07, 6.45) is 0.891. The highest BCUT2D eigenvalue weighted by atomic mass is 32.1. The number of carbonyl (C=O) groups is 2. The summed E-state index contributed by atoms with van der Waals surface area (Å²) in [5.74, 6) is 0.239. The summed E-state index contributed by atoms with van der Waals surface area (Å²) in [6.45, 7) is 9.24. The lowest BCUT2D eigenvalue weighted by Gasteiger charge is -2.39. The third-order valence-corrected chi connectivity index (χ3v) is 8.10. The van der Waals surface area contributed by atoms with E-state index in [1.54, 1.807) is 49.6 Å². The Hall–Kier alpha value is -2.62. The van der Waals surface area contributed by atoms with E-state index in [1.807, 2.05) is 17.5 Å². The van der Waals surface area contributed by atoms with Crippen molar-refractivity contribution in [3.05, 3.63) is 45.6 Å². The number of fused-ring (bicyclic) bond motifs is 1. The molecule has 35 heavy (non-hydrogen) atoms. The number of ether oxygens (including phenoxy) is 2. The summed E-state index contributed by atoms with van der Waals surface area (Å²) in [5.41, 5.74) is 1.16. The predicted octanol–water partition coefficient (Wildman–Crippen LogP) is 2.82. The molecule has 2 aliphatic heterocycles. The molecule has 1 aromatic carbocycles. The highest BCUT2D eigenvalue weighted by Crippen LogP contribution is 2.46. The molecule has 4 rings (SSSR count). The fourth-order valence-electron chi connectivity index (χ4n) is 5.10. The zero-order chi connectivity index (χ0) is 24.9. The topological polar surface area (TPSA) is 74.4 Å². The van der Waals surface area contributed by atoms with Gasteiger partial charge in [0.15, 0.2) is 11.5 Å². The van der Waals surface area contributed by atoms with Gasteiger partial charge >= 0.3 is 0 Å². The van der Waals surface area contributed by atoms with Crippen LogP contribution in [0.15, 0.2) is 29.6 Å². The smallest absolute Gasteiger partial charge is 0.254 e. The fourth-order valence-corrected chi connectivity index (χ4v) is 6.00. The number of rotatable bonds is 9. The van der Waals surface area contributed by atoms with Gasteiger partial charge in [0.25, 0.3) is 5.91 Å². The molecule has 0 bridgehead atoms. The molecule has 1 aromatic heterocycles. The van der Waals surface area contributed by atoms with Gasteiger partial charge in [-0.3, -0.25) is 9.59 Å². The fraction of sp³-hybridized carbons (Fsp3) is 0.538. The standard InChI is InChI=1S/C26H36N4O4S/c1-5-29-11-13-30(14-12-29)10-7-9-27-25(31)23-18-16-20(33-3)21(34-4)17-19(18)26(32)28(2)24(23)22-8-6-15-35-22/h6,8,15-17,23-24H,5,7,9-14H2,1-4H3,(H,27,31)/t23-,24+/m0/s1. The molecule has 0 radical (unpaired) electrons. The molecule has 0 aliphatic carbocycles. The Morgan fingerprint density at radius 3 is 2.43 bits per heavy atom. The van der Waals surface area contributed by atoms with E-state index >= 15 is 0 Å². The number of hydrogen-bond acceptors (Lipinski definition) is 7. The maximum atomic E-state index is 13.7. The Bertz CT molecular complexity index is 1020. The van der Waals surface area contributed by atoms with Crippen LogP contribution < -0.4 is 14.8 Å². The molecule has 1 fully saturated rings. The molecule has 0 unspecified atom stereocenters. The lowest BCUT2D eigenvalue weighted by Crippen LogP contribution is -2.47. The highest BCUT2D eigenvalue weighted by Gasteiger charge is 2.44. The maximum Gasteiger partial charge on any atom is 0.254 e. The first-order valence-electron chi connectivity index (χ1n) is 12.3. The molecular formula is C26H36N4O4S. The Kier molecular flexibility index (Phi) is 8.30. The van der Waals surface area contributed by atoms with Gasteiger partial charge in [-0.05, 0) is 48.7 Å². The van der Waals surface area contributed by atoms with Crippen molar-refractivity contribution in [1.29, 1.82) is 0 Å². The first-order valence-corrected chi connectivity index (χ1v) is 13.1. The minimum absolute atomic E-state index is 0.0768. The van der Waals surface area contributed by atoms with Crippen molar-refractivity contribution >= 4 is 23.2 Å². The number of piperazine rings is 1. The summed E-state index contributed by atoms with van der Waals surface area (Å²) in [7, 11) is 4.87. The molecule has 3 heterocycles. The Morgan fingerprint density at radius 2 is 1.80 bits per heavy atom. The van der Waals surface area contributed by atoms with Crippen LogP contribution in [0.5, 0.6) is 11.5 Å². The molecule has 1 N–H and O–H groups in total. The molecule has 2 amide bonds. The van der Waals surface area contributed by atoms with Crippen LogP contribution in [0.4, 0.5) is 0 Å². The van der Waals surface area contributed by atoms with Crippen LogP contribution in [0.2, 0.25) is 0 Å². The molecule has 8 nitrogen and oxygen atoms in total. The van der Waals surface area contributed by atoms with Gasteiger partial charge in [-0.2, -0.15) is 0 Å². The van der Waals surface area contributed by atoms with E-state index in [1.165, 1.54) is 0 Å². The third-order valence-electron chi connectivity index (χ3n) is 7.15. The zero-order valence-corrected chi connectivity index (χ0v) is 21.9. The molecule has 2 atom stereocenters. The number of thiophene rings is 1. The van der Waals surface area contributed by atoms with Gasteiger partial charge in [0.1, 0.15) is 0 Å². The van der Waals surface area contributed by atoms with Gasteiger partial charge in [-0.25, -0.2) is 0 Å². The van der Waals surface area contributed by atoms with Crippen LogP contribution in [0, 0.1) is 0 Å². The Labute approximate surface area is 211 Å². The van der Waals surface area contributed by atoms with E-state index in [-0.39, 0.29) is 17.9 Å². The molecule has 1 saturated heterocycles. The highest BCUT2D eigenvalue weighted by molar-refractivity contribution is 7.10. The van der Waals surface area contributed by atoms with E-state index < -0.39 is 5.92 Å². The minimum Gasteiger partial charge on any atom is -0.493 e. The number of carbonyl (C=O) groups excluding carboxylic acids is 2. The first kappa shape index (κ1) is 25.5. The van der Waals surface area contributed by atoms with Gasteiger partial charge in [0.05, 0.1) is 26.2 Å². The lowest BCUT2D eigenvalue weighted by molar-refractivity contribution is -0.124. The van der Waals surface area contributed by atoms with E-state index in [0.29, 0.717) is 29.2 Å². The number of hydrogen-bond donors (Lipinski definition) is 1. The van der Waals surface area contributed by atoms with E-state index in [4.69, 9.17) is 9.47 Å². The van der Waals surface area contributed by atoms with Crippen molar-refractivity contribution in [2.75, 3.05) is 67.1 Å². The normalized spacial score (nSPS) is 21.0. The number of nitrogens with one attached hydrogen (secondary N) is 1.